The van der Waals surface area contributed by atoms with Crippen LogP contribution in [0.5, 0.6) is 0 Å². The van der Waals surface area contributed by atoms with E-state index in [9.17, 15) is 14.4 Å². The molecule has 0 spiro atoms. The van der Waals surface area contributed by atoms with Crippen LogP contribution in [0.25, 0.3) is 0 Å². The topological polar surface area (TPSA) is 105 Å². The Bertz CT molecular complexity index is 880. The molecule has 6 rings (SSSR count). The van der Waals surface area contributed by atoms with Gasteiger partial charge in [-0.1, -0.05) is 0 Å². The normalized spacial score (nSPS) is 30.7. The molecular weight excluding hydrogens is 434 g/mol. The van der Waals surface area contributed by atoms with Crippen molar-refractivity contribution in [2.24, 2.45) is 23.2 Å². The van der Waals surface area contributed by atoms with Crippen LogP contribution in [-0.4, -0.2) is 71.5 Å². The van der Waals surface area contributed by atoms with Crippen molar-refractivity contribution in [2.45, 2.75) is 58.0 Å². The van der Waals surface area contributed by atoms with Gasteiger partial charge in [-0.05, 0) is 69.3 Å². The van der Waals surface area contributed by atoms with E-state index < -0.39 is 12.1 Å². The molecule has 1 aromatic rings. The molecule has 184 valence electrons. The monoisotopic (exact) mass is 469 g/mol. The van der Waals surface area contributed by atoms with E-state index in [-0.39, 0.29) is 30.2 Å². The van der Waals surface area contributed by atoms with E-state index in [1.165, 1.54) is 19.3 Å². The highest BCUT2D eigenvalue weighted by molar-refractivity contribution is 5.85. The fraction of sp³-hybridized carbons (Fsp3) is 0.720. The number of hydrogen-bond acceptors (Lipinski definition) is 7. The molecule has 1 aromatic heterocycles. The number of anilines is 1. The summed E-state index contributed by atoms with van der Waals surface area (Å²) in [6, 6.07) is 1.77. The maximum Gasteiger partial charge on any atom is 0.308 e. The van der Waals surface area contributed by atoms with Crippen molar-refractivity contribution in [1.29, 1.82) is 0 Å². The van der Waals surface area contributed by atoms with Crippen LogP contribution < -0.4 is 10.2 Å². The van der Waals surface area contributed by atoms with Crippen LogP contribution in [0.2, 0.25) is 0 Å². The molecule has 1 saturated heterocycles. The Hall–Kier alpha value is -2.71. The van der Waals surface area contributed by atoms with Crippen LogP contribution in [0, 0.1) is 23.2 Å². The SMILES string of the molecule is CC(OC(=O)CCNC(=O)C12CC3CC(CC(C3)C1)C2)C(=O)N1CCN(c2ncccn2)CC1. The number of nitrogens with zero attached hydrogens (tertiary/aromatic N) is 4. The fourth-order valence-electron chi connectivity index (χ4n) is 7.00. The number of aromatic nitrogens is 2. The summed E-state index contributed by atoms with van der Waals surface area (Å²) in [6.07, 6.45) is 9.53. The summed E-state index contributed by atoms with van der Waals surface area (Å²) >= 11 is 0. The van der Waals surface area contributed by atoms with Gasteiger partial charge in [0.15, 0.2) is 6.10 Å². The molecule has 0 aromatic carbocycles. The van der Waals surface area contributed by atoms with E-state index in [0.29, 0.717) is 49.9 Å². The molecule has 1 aliphatic heterocycles. The number of nitrogens with one attached hydrogen (secondary N) is 1. The van der Waals surface area contributed by atoms with Gasteiger partial charge in [-0.3, -0.25) is 14.4 Å². The van der Waals surface area contributed by atoms with E-state index in [0.717, 1.165) is 19.3 Å². The molecule has 4 bridgehead atoms. The van der Waals surface area contributed by atoms with Gasteiger partial charge in [0.05, 0.1) is 6.42 Å². The second-order valence-corrected chi connectivity index (χ2v) is 10.7. The highest BCUT2D eigenvalue weighted by Crippen LogP contribution is 2.60. The predicted molar refractivity (Wildman–Crippen MR) is 125 cm³/mol. The van der Waals surface area contributed by atoms with Crippen molar-refractivity contribution in [3.8, 4) is 0 Å². The minimum absolute atomic E-state index is 0.0782. The van der Waals surface area contributed by atoms with Gasteiger partial charge in [-0.15, -0.1) is 0 Å². The number of rotatable bonds is 7. The predicted octanol–water partition coefficient (Wildman–Crippen LogP) is 1.78. The first-order chi connectivity index (χ1) is 16.4. The number of carbonyl (C=O) groups excluding carboxylic acids is 3. The second kappa shape index (κ2) is 9.50. The van der Waals surface area contributed by atoms with Crippen LogP contribution in [0.15, 0.2) is 18.5 Å². The van der Waals surface area contributed by atoms with E-state index in [1.54, 1.807) is 30.3 Å². The number of esters is 1. The first-order valence-corrected chi connectivity index (χ1v) is 12.7. The second-order valence-electron chi connectivity index (χ2n) is 10.7. The summed E-state index contributed by atoms with van der Waals surface area (Å²) in [6.45, 7) is 4.19. The lowest BCUT2D eigenvalue weighted by Gasteiger charge is -2.55. The highest BCUT2D eigenvalue weighted by Gasteiger charge is 2.54. The summed E-state index contributed by atoms with van der Waals surface area (Å²) in [5.74, 6) is 2.23. The zero-order chi connectivity index (χ0) is 23.7. The maximum atomic E-state index is 13.0. The van der Waals surface area contributed by atoms with Crippen LogP contribution in [-0.2, 0) is 19.1 Å². The lowest BCUT2D eigenvalue weighted by atomic mass is 9.49. The summed E-state index contributed by atoms with van der Waals surface area (Å²) in [7, 11) is 0. The Morgan fingerprint density at radius 2 is 1.62 bits per heavy atom. The molecular formula is C25H35N5O4. The van der Waals surface area contributed by atoms with E-state index in [2.05, 4.69) is 15.3 Å². The third kappa shape index (κ3) is 4.74. The van der Waals surface area contributed by atoms with Crippen molar-refractivity contribution in [2.75, 3.05) is 37.6 Å². The molecule has 2 amide bonds. The third-order valence-electron chi connectivity index (χ3n) is 8.22. The van der Waals surface area contributed by atoms with Gasteiger partial charge in [-0.2, -0.15) is 0 Å². The van der Waals surface area contributed by atoms with Crippen molar-refractivity contribution in [1.82, 2.24) is 20.2 Å². The van der Waals surface area contributed by atoms with E-state index >= 15 is 0 Å². The van der Waals surface area contributed by atoms with Gasteiger partial charge >= 0.3 is 5.97 Å². The van der Waals surface area contributed by atoms with Gasteiger partial charge in [0.2, 0.25) is 11.9 Å². The summed E-state index contributed by atoms with van der Waals surface area (Å²) in [5.41, 5.74) is -0.213. The zero-order valence-electron chi connectivity index (χ0n) is 19.9. The maximum absolute atomic E-state index is 13.0. The molecule has 4 saturated carbocycles. The minimum Gasteiger partial charge on any atom is -0.452 e. The van der Waals surface area contributed by atoms with Crippen LogP contribution >= 0.6 is 0 Å². The van der Waals surface area contributed by atoms with Crippen molar-refractivity contribution < 1.29 is 19.1 Å². The Labute approximate surface area is 200 Å². The standard InChI is InChI=1S/C25H35N5O4/c1-17(22(32)29-7-9-30(10-8-29)24-27-4-2-5-28-24)34-21(31)3-6-26-23(33)25-14-18-11-19(15-25)13-20(12-18)16-25/h2,4-5,17-20H,3,6-16H2,1H3,(H,26,33). The van der Waals surface area contributed by atoms with Crippen molar-refractivity contribution in [3.63, 3.8) is 0 Å². The molecule has 4 aliphatic carbocycles. The molecule has 34 heavy (non-hydrogen) atoms. The van der Waals surface area contributed by atoms with Crippen LogP contribution in [0.1, 0.15) is 51.9 Å². The fourth-order valence-corrected chi connectivity index (χ4v) is 7.00. The van der Waals surface area contributed by atoms with Crippen LogP contribution in [0.3, 0.4) is 0 Å². The summed E-state index contributed by atoms with van der Waals surface area (Å²) < 4.78 is 5.39. The van der Waals surface area contributed by atoms with E-state index in [1.807, 2.05) is 4.90 Å². The number of amides is 2. The first-order valence-electron chi connectivity index (χ1n) is 12.7. The van der Waals surface area contributed by atoms with Crippen molar-refractivity contribution in [3.05, 3.63) is 18.5 Å². The average molecular weight is 470 g/mol. The van der Waals surface area contributed by atoms with Gasteiger partial charge in [0.1, 0.15) is 0 Å². The largest absolute Gasteiger partial charge is 0.452 e. The summed E-state index contributed by atoms with van der Waals surface area (Å²) in [4.78, 5) is 50.3. The van der Waals surface area contributed by atoms with Crippen LogP contribution in [0.4, 0.5) is 5.95 Å². The number of ether oxygens (including phenoxy) is 1. The smallest absolute Gasteiger partial charge is 0.308 e. The molecule has 0 radical (unpaired) electrons. The number of piperazine rings is 1. The molecule has 5 aliphatic rings. The Morgan fingerprint density at radius 3 is 2.21 bits per heavy atom. The highest BCUT2D eigenvalue weighted by atomic mass is 16.5. The lowest BCUT2D eigenvalue weighted by molar-refractivity contribution is -0.159. The van der Waals surface area contributed by atoms with Gasteiger partial charge in [0.25, 0.3) is 5.91 Å². The third-order valence-corrected chi connectivity index (χ3v) is 8.22. The lowest BCUT2D eigenvalue weighted by Crippen LogP contribution is -2.53. The molecule has 1 atom stereocenters. The van der Waals surface area contributed by atoms with Gasteiger partial charge < -0.3 is 19.9 Å². The quantitative estimate of drug-likeness (QED) is 0.607. The zero-order valence-corrected chi connectivity index (χ0v) is 19.9. The minimum atomic E-state index is -0.842. The molecule has 1 unspecified atom stereocenters. The number of carbonyl (C=O) groups is 3. The van der Waals surface area contributed by atoms with Crippen molar-refractivity contribution >= 4 is 23.7 Å². The Morgan fingerprint density at radius 1 is 1.03 bits per heavy atom. The molecule has 2 heterocycles. The molecule has 5 fully saturated rings. The van der Waals surface area contributed by atoms with E-state index in [4.69, 9.17) is 4.74 Å². The first kappa shape index (κ1) is 23.1. The molecule has 1 N–H and O–H groups in total. The number of hydrogen-bond donors (Lipinski definition) is 1. The Kier molecular flexibility index (Phi) is 6.44. The van der Waals surface area contributed by atoms with Gasteiger partial charge in [-0.25, -0.2) is 9.97 Å². The average Bonchev–Trinajstić information content (AvgIpc) is 2.83. The van der Waals surface area contributed by atoms with Gasteiger partial charge in [0, 0.05) is 50.5 Å². The molecule has 9 nitrogen and oxygen atoms in total. The summed E-state index contributed by atoms with van der Waals surface area (Å²) in [5, 5.41) is 3.00. The Balaban J connectivity index is 1.03. The molecule has 9 heteroatoms.